The molecule has 0 aliphatic carbocycles. The molecule has 1 fully saturated rings. The van der Waals surface area contributed by atoms with Crippen molar-refractivity contribution >= 4 is 11.9 Å². The number of nitrogens with zero attached hydrogens (tertiary/aromatic N) is 2. The molecule has 1 aromatic rings. The number of carbonyl (C=O) groups is 2. The Morgan fingerprint density at radius 3 is 2.68 bits per heavy atom. The second kappa shape index (κ2) is 6.08. The first-order chi connectivity index (χ1) is 10.2. The summed E-state index contributed by atoms with van der Waals surface area (Å²) < 4.78 is 5.28. The van der Waals surface area contributed by atoms with Crippen LogP contribution in [0, 0.1) is 0 Å². The number of nitrogens with one attached hydrogen (secondary N) is 1. The Labute approximate surface area is 129 Å². The molecule has 0 saturated carbocycles. The Balaban J connectivity index is 2.19. The molecule has 122 valence electrons. The number of ether oxygens (including phenoxy) is 1. The number of aromatic nitrogens is 2. The Kier molecular flexibility index (Phi) is 4.55. The van der Waals surface area contributed by atoms with Crippen LogP contribution in [0.5, 0.6) is 0 Å². The molecular formula is C15H23N3O4. The molecule has 0 radical (unpaired) electrons. The number of aromatic amines is 1. The highest BCUT2D eigenvalue weighted by atomic mass is 16.5. The third-order valence-corrected chi connectivity index (χ3v) is 3.99. The zero-order valence-corrected chi connectivity index (χ0v) is 13.4. The fourth-order valence-corrected chi connectivity index (χ4v) is 2.65. The topological polar surface area (TPSA) is 95.5 Å². The van der Waals surface area contributed by atoms with Crippen molar-refractivity contribution in [3.63, 3.8) is 0 Å². The van der Waals surface area contributed by atoms with E-state index in [0.29, 0.717) is 18.7 Å². The molecule has 1 saturated heterocycles. The zero-order valence-electron chi connectivity index (χ0n) is 13.4. The van der Waals surface area contributed by atoms with Gasteiger partial charge in [-0.15, -0.1) is 0 Å². The van der Waals surface area contributed by atoms with Crippen molar-refractivity contribution in [1.29, 1.82) is 0 Å². The number of aliphatic carboxylic acids is 1. The first-order valence-corrected chi connectivity index (χ1v) is 7.33. The van der Waals surface area contributed by atoms with Crippen molar-refractivity contribution in [3.05, 3.63) is 17.5 Å². The van der Waals surface area contributed by atoms with Crippen LogP contribution in [0.15, 0.2) is 6.07 Å². The number of hydrogen-bond donors (Lipinski definition) is 2. The molecule has 7 nitrogen and oxygen atoms in total. The average Bonchev–Trinajstić information content (AvgIpc) is 3.02. The highest BCUT2D eigenvalue weighted by Gasteiger charge is 2.37. The molecule has 7 heteroatoms. The Hall–Kier alpha value is -1.89. The highest BCUT2D eigenvalue weighted by molar-refractivity contribution is 5.93. The summed E-state index contributed by atoms with van der Waals surface area (Å²) in [6.07, 6.45) is 0.321. The van der Waals surface area contributed by atoms with E-state index in [2.05, 4.69) is 10.2 Å². The van der Waals surface area contributed by atoms with Crippen LogP contribution in [0.4, 0.5) is 0 Å². The summed E-state index contributed by atoms with van der Waals surface area (Å²) in [6.45, 7) is 6.47. The maximum atomic E-state index is 12.6. The van der Waals surface area contributed by atoms with E-state index in [9.17, 15) is 9.59 Å². The number of carbonyl (C=O) groups excluding carboxylic acids is 1. The van der Waals surface area contributed by atoms with Crippen molar-refractivity contribution in [1.82, 2.24) is 15.1 Å². The van der Waals surface area contributed by atoms with E-state index in [-0.39, 0.29) is 29.9 Å². The molecule has 0 spiro atoms. The van der Waals surface area contributed by atoms with Crippen molar-refractivity contribution in [2.75, 3.05) is 13.7 Å². The first kappa shape index (κ1) is 16.5. The second-order valence-corrected chi connectivity index (χ2v) is 6.72. The van der Waals surface area contributed by atoms with Crippen molar-refractivity contribution in [3.8, 4) is 0 Å². The minimum atomic E-state index is -0.919. The largest absolute Gasteiger partial charge is 0.481 e. The predicted octanol–water partition coefficient (Wildman–Crippen LogP) is 1.41. The lowest BCUT2D eigenvalue weighted by molar-refractivity contribution is -0.138. The third-order valence-electron chi connectivity index (χ3n) is 3.99. The highest BCUT2D eigenvalue weighted by Crippen LogP contribution is 2.26. The summed E-state index contributed by atoms with van der Waals surface area (Å²) >= 11 is 0. The summed E-state index contributed by atoms with van der Waals surface area (Å²) in [5.41, 5.74) is 1.05. The van der Waals surface area contributed by atoms with Gasteiger partial charge in [0.1, 0.15) is 5.69 Å². The van der Waals surface area contributed by atoms with Crippen LogP contribution in [-0.2, 0) is 14.9 Å². The number of methoxy groups -OCH3 is 1. The fourth-order valence-electron chi connectivity index (χ4n) is 2.65. The number of likely N-dealkylation sites (tertiary alicyclic amines) is 1. The minimum Gasteiger partial charge on any atom is -0.481 e. The summed E-state index contributed by atoms with van der Waals surface area (Å²) in [7, 11) is 1.57. The minimum absolute atomic E-state index is 0.0812. The molecule has 1 aliphatic rings. The normalized spacial score (nSPS) is 22.1. The van der Waals surface area contributed by atoms with E-state index in [0.717, 1.165) is 5.69 Å². The van der Waals surface area contributed by atoms with Gasteiger partial charge in [-0.2, -0.15) is 5.10 Å². The van der Waals surface area contributed by atoms with Gasteiger partial charge in [0.25, 0.3) is 5.91 Å². The predicted molar refractivity (Wildman–Crippen MR) is 79.8 cm³/mol. The number of H-pyrrole nitrogens is 1. The van der Waals surface area contributed by atoms with Crippen LogP contribution in [-0.4, -0.2) is 57.9 Å². The van der Waals surface area contributed by atoms with E-state index in [4.69, 9.17) is 9.84 Å². The van der Waals surface area contributed by atoms with E-state index in [1.54, 1.807) is 18.1 Å². The summed E-state index contributed by atoms with van der Waals surface area (Å²) in [4.78, 5) is 25.2. The molecule has 1 aromatic heterocycles. The van der Waals surface area contributed by atoms with Gasteiger partial charge >= 0.3 is 5.97 Å². The first-order valence-electron chi connectivity index (χ1n) is 7.33. The molecule has 2 N–H and O–H groups in total. The Morgan fingerprint density at radius 2 is 2.18 bits per heavy atom. The van der Waals surface area contributed by atoms with Crippen molar-refractivity contribution < 1.29 is 19.4 Å². The third kappa shape index (κ3) is 3.47. The van der Waals surface area contributed by atoms with Gasteiger partial charge in [-0.3, -0.25) is 14.7 Å². The van der Waals surface area contributed by atoms with Crippen molar-refractivity contribution in [2.45, 2.75) is 51.2 Å². The molecule has 1 aliphatic heterocycles. The van der Waals surface area contributed by atoms with E-state index < -0.39 is 5.97 Å². The average molecular weight is 309 g/mol. The lowest BCUT2D eigenvalue weighted by Crippen LogP contribution is -2.37. The number of hydrogen-bond acceptors (Lipinski definition) is 4. The smallest absolute Gasteiger partial charge is 0.305 e. The Morgan fingerprint density at radius 1 is 1.50 bits per heavy atom. The lowest BCUT2D eigenvalue weighted by Gasteiger charge is -2.22. The molecule has 2 atom stereocenters. The van der Waals surface area contributed by atoms with Crippen LogP contribution in [0.1, 0.15) is 49.8 Å². The number of rotatable bonds is 4. The lowest BCUT2D eigenvalue weighted by atomic mass is 9.92. The standard InChI is InChI=1S/C15H23N3O4/c1-15(2,3)12-7-11(16-17-12)14(21)18-8-10(22-4)5-9(18)6-13(19)20/h7,9-10H,5-6,8H2,1-4H3,(H,16,17)(H,19,20). The molecular weight excluding hydrogens is 286 g/mol. The molecule has 22 heavy (non-hydrogen) atoms. The summed E-state index contributed by atoms with van der Waals surface area (Å²) in [5.74, 6) is -1.17. The van der Waals surface area contributed by atoms with E-state index in [1.807, 2.05) is 20.8 Å². The molecule has 1 amide bonds. The zero-order chi connectivity index (χ0) is 16.5. The number of carboxylic acids is 1. The van der Waals surface area contributed by atoms with Gasteiger partial charge in [0.05, 0.1) is 12.5 Å². The Bertz CT molecular complexity index is 561. The van der Waals surface area contributed by atoms with Gasteiger partial charge in [-0.1, -0.05) is 20.8 Å². The maximum Gasteiger partial charge on any atom is 0.305 e. The van der Waals surface area contributed by atoms with Crippen LogP contribution in [0.25, 0.3) is 0 Å². The molecule has 2 heterocycles. The SMILES string of the molecule is COC1CC(CC(=O)O)N(C(=O)c2cc(C(C)(C)C)[nH]n2)C1. The quantitative estimate of drug-likeness (QED) is 0.877. The van der Waals surface area contributed by atoms with Gasteiger partial charge in [0, 0.05) is 30.8 Å². The second-order valence-electron chi connectivity index (χ2n) is 6.72. The van der Waals surface area contributed by atoms with Gasteiger partial charge in [-0.05, 0) is 12.5 Å². The van der Waals surface area contributed by atoms with E-state index in [1.165, 1.54) is 0 Å². The fraction of sp³-hybridized carbons (Fsp3) is 0.667. The van der Waals surface area contributed by atoms with Crippen LogP contribution in [0.2, 0.25) is 0 Å². The summed E-state index contributed by atoms with van der Waals surface area (Å²) in [5, 5.41) is 16.0. The molecule has 2 unspecified atom stereocenters. The number of carboxylic acid groups (broad SMARTS) is 1. The van der Waals surface area contributed by atoms with Crippen LogP contribution in [0.3, 0.4) is 0 Å². The monoisotopic (exact) mass is 309 g/mol. The molecule has 0 aromatic carbocycles. The van der Waals surface area contributed by atoms with Gasteiger partial charge in [-0.25, -0.2) is 0 Å². The van der Waals surface area contributed by atoms with Crippen LogP contribution >= 0.6 is 0 Å². The van der Waals surface area contributed by atoms with Gasteiger partial charge in [0.15, 0.2) is 0 Å². The summed E-state index contributed by atoms with van der Waals surface area (Å²) in [6, 6.07) is 1.38. The molecule has 2 rings (SSSR count). The van der Waals surface area contributed by atoms with Gasteiger partial charge < -0.3 is 14.7 Å². The van der Waals surface area contributed by atoms with Crippen molar-refractivity contribution in [2.24, 2.45) is 0 Å². The van der Waals surface area contributed by atoms with Gasteiger partial charge in [0.2, 0.25) is 0 Å². The molecule has 0 bridgehead atoms. The number of amides is 1. The maximum absolute atomic E-state index is 12.6. The van der Waals surface area contributed by atoms with E-state index >= 15 is 0 Å². The van der Waals surface area contributed by atoms with Crippen LogP contribution < -0.4 is 0 Å².